The van der Waals surface area contributed by atoms with Gasteiger partial charge in [0.25, 0.3) is 0 Å². The molecule has 0 amide bonds. The van der Waals surface area contributed by atoms with Gasteiger partial charge in [-0.3, -0.25) is 9.78 Å². The number of rotatable bonds is 6. The highest BCUT2D eigenvalue weighted by molar-refractivity contribution is 7.89. The van der Waals surface area contributed by atoms with E-state index < -0.39 is 22.0 Å². The van der Waals surface area contributed by atoms with E-state index in [1.165, 1.54) is 6.20 Å². The van der Waals surface area contributed by atoms with Crippen molar-refractivity contribution in [1.82, 2.24) is 9.71 Å². The maximum atomic E-state index is 12.1. The Balaban J connectivity index is 3.10. The predicted octanol–water partition coefficient (Wildman–Crippen LogP) is 0.731. The van der Waals surface area contributed by atoms with Crippen molar-refractivity contribution in [1.29, 1.82) is 5.26 Å². The zero-order valence-electron chi connectivity index (χ0n) is 11.1. The van der Waals surface area contributed by atoms with Gasteiger partial charge in [0.2, 0.25) is 10.0 Å². The third kappa shape index (κ3) is 3.76. The standard InChI is InChI=1S/C12H15N3O4S/c1-3-8(2)11(12(16)17)15-20(18,19)10-4-9(5-13)6-14-7-10/h4,6-8,11,15H,3H2,1-2H3,(H,16,17)/t8-,11-/m0/s1. The van der Waals surface area contributed by atoms with E-state index in [0.717, 1.165) is 12.3 Å². The number of aliphatic carboxylic acids is 1. The lowest BCUT2D eigenvalue weighted by molar-refractivity contribution is -0.140. The summed E-state index contributed by atoms with van der Waals surface area (Å²) in [5.41, 5.74) is 0.0864. The van der Waals surface area contributed by atoms with Crippen LogP contribution < -0.4 is 4.72 Å². The Morgan fingerprint density at radius 2 is 2.20 bits per heavy atom. The number of nitrogens with one attached hydrogen (secondary N) is 1. The van der Waals surface area contributed by atoms with E-state index in [9.17, 15) is 13.2 Å². The number of nitriles is 1. The lowest BCUT2D eigenvalue weighted by Gasteiger charge is -2.19. The van der Waals surface area contributed by atoms with Gasteiger partial charge in [0.15, 0.2) is 0 Å². The Bertz CT molecular complexity index is 636. The van der Waals surface area contributed by atoms with Gasteiger partial charge in [0.05, 0.1) is 5.56 Å². The molecule has 8 heteroatoms. The van der Waals surface area contributed by atoms with Gasteiger partial charge >= 0.3 is 5.97 Å². The average Bonchev–Trinajstić information content (AvgIpc) is 2.43. The molecule has 0 bridgehead atoms. The number of hydrogen-bond acceptors (Lipinski definition) is 5. The molecule has 2 atom stereocenters. The molecule has 0 aliphatic heterocycles. The minimum atomic E-state index is -4.04. The fourth-order valence-corrected chi connectivity index (χ4v) is 2.79. The van der Waals surface area contributed by atoms with Crippen molar-refractivity contribution in [3.63, 3.8) is 0 Å². The summed E-state index contributed by atoms with van der Waals surface area (Å²) in [7, 11) is -4.04. The molecule has 2 N–H and O–H groups in total. The van der Waals surface area contributed by atoms with Crippen LogP contribution in [0.2, 0.25) is 0 Å². The minimum absolute atomic E-state index is 0.0864. The summed E-state index contributed by atoms with van der Waals surface area (Å²) in [5.74, 6) is -1.61. The Hall–Kier alpha value is -1.98. The summed E-state index contributed by atoms with van der Waals surface area (Å²) in [6, 6.07) is 1.70. The zero-order valence-corrected chi connectivity index (χ0v) is 11.9. The third-order valence-electron chi connectivity index (χ3n) is 2.91. The van der Waals surface area contributed by atoms with Gasteiger partial charge in [-0.15, -0.1) is 0 Å². The summed E-state index contributed by atoms with van der Waals surface area (Å²) >= 11 is 0. The lowest BCUT2D eigenvalue weighted by Crippen LogP contribution is -2.44. The molecular weight excluding hydrogens is 282 g/mol. The van der Waals surface area contributed by atoms with Gasteiger partial charge in [0.1, 0.15) is 17.0 Å². The van der Waals surface area contributed by atoms with Gasteiger partial charge in [-0.05, 0) is 12.0 Å². The summed E-state index contributed by atoms with van der Waals surface area (Å²) in [6.45, 7) is 3.41. The van der Waals surface area contributed by atoms with Crippen LogP contribution in [0, 0.1) is 17.2 Å². The van der Waals surface area contributed by atoms with Crippen LogP contribution in [0.3, 0.4) is 0 Å². The van der Waals surface area contributed by atoms with Crippen molar-refractivity contribution in [3.05, 3.63) is 24.0 Å². The van der Waals surface area contributed by atoms with Crippen molar-refractivity contribution in [2.45, 2.75) is 31.2 Å². The van der Waals surface area contributed by atoms with E-state index in [4.69, 9.17) is 10.4 Å². The smallest absolute Gasteiger partial charge is 0.322 e. The molecule has 1 rings (SSSR count). The van der Waals surface area contributed by atoms with E-state index in [1.807, 2.05) is 0 Å². The fraction of sp³-hybridized carbons (Fsp3) is 0.417. The number of carboxylic acids is 1. The SMILES string of the molecule is CC[C@H](C)[C@H](NS(=O)(=O)c1cncc(C#N)c1)C(=O)O. The quantitative estimate of drug-likeness (QED) is 0.798. The highest BCUT2D eigenvalue weighted by Crippen LogP contribution is 2.14. The molecule has 20 heavy (non-hydrogen) atoms. The largest absolute Gasteiger partial charge is 0.480 e. The Kier molecular flexibility index (Phi) is 5.19. The first-order valence-corrected chi connectivity index (χ1v) is 7.40. The molecule has 7 nitrogen and oxygen atoms in total. The van der Waals surface area contributed by atoms with E-state index in [2.05, 4.69) is 9.71 Å². The first-order valence-electron chi connectivity index (χ1n) is 5.92. The molecule has 0 aliphatic carbocycles. The summed E-state index contributed by atoms with van der Waals surface area (Å²) in [5, 5.41) is 17.8. The van der Waals surface area contributed by atoms with Crippen LogP contribution in [0.5, 0.6) is 0 Å². The molecule has 0 radical (unpaired) electrons. The normalized spacial score (nSPS) is 14.2. The Morgan fingerprint density at radius 1 is 1.55 bits per heavy atom. The topological polar surface area (TPSA) is 120 Å². The number of nitrogens with zero attached hydrogens (tertiary/aromatic N) is 2. The molecule has 0 fully saturated rings. The van der Waals surface area contributed by atoms with Crippen molar-refractivity contribution in [2.75, 3.05) is 0 Å². The molecule has 0 spiro atoms. The second kappa shape index (κ2) is 6.45. The highest BCUT2D eigenvalue weighted by Gasteiger charge is 2.29. The second-order valence-corrected chi connectivity index (χ2v) is 6.06. The van der Waals surface area contributed by atoms with Crippen LogP contribution in [0.1, 0.15) is 25.8 Å². The highest BCUT2D eigenvalue weighted by atomic mass is 32.2. The van der Waals surface area contributed by atoms with Crippen LogP contribution in [0.4, 0.5) is 0 Å². The summed E-state index contributed by atoms with van der Waals surface area (Å²) in [6.07, 6.45) is 2.80. The van der Waals surface area contributed by atoms with Crippen LogP contribution in [-0.2, 0) is 14.8 Å². The minimum Gasteiger partial charge on any atom is -0.480 e. The average molecular weight is 297 g/mol. The number of aromatic nitrogens is 1. The summed E-state index contributed by atoms with van der Waals surface area (Å²) < 4.78 is 26.4. The van der Waals surface area contributed by atoms with Crippen LogP contribution in [-0.4, -0.2) is 30.5 Å². The van der Waals surface area contributed by atoms with E-state index >= 15 is 0 Å². The summed E-state index contributed by atoms with van der Waals surface area (Å²) in [4.78, 5) is 14.6. The first-order chi connectivity index (χ1) is 9.31. The third-order valence-corrected chi connectivity index (χ3v) is 4.32. The van der Waals surface area contributed by atoms with E-state index in [0.29, 0.717) is 6.42 Å². The fourth-order valence-electron chi connectivity index (χ4n) is 1.51. The Morgan fingerprint density at radius 3 is 2.70 bits per heavy atom. The predicted molar refractivity (Wildman–Crippen MR) is 70.2 cm³/mol. The molecule has 1 aromatic rings. The lowest BCUT2D eigenvalue weighted by atomic mass is 10.0. The number of pyridine rings is 1. The van der Waals surface area contributed by atoms with Crippen LogP contribution in [0.25, 0.3) is 0 Å². The van der Waals surface area contributed by atoms with E-state index in [1.54, 1.807) is 19.9 Å². The van der Waals surface area contributed by atoms with Crippen LogP contribution in [0.15, 0.2) is 23.4 Å². The molecule has 108 valence electrons. The first kappa shape index (κ1) is 16.1. The molecule has 0 saturated heterocycles. The van der Waals surface area contributed by atoms with Gasteiger partial charge in [-0.1, -0.05) is 20.3 Å². The zero-order chi connectivity index (χ0) is 15.3. The van der Waals surface area contributed by atoms with Crippen molar-refractivity contribution in [3.8, 4) is 6.07 Å². The maximum Gasteiger partial charge on any atom is 0.322 e. The number of carbonyl (C=O) groups is 1. The molecule has 1 aromatic heterocycles. The van der Waals surface area contributed by atoms with Gasteiger partial charge in [-0.25, -0.2) is 8.42 Å². The maximum absolute atomic E-state index is 12.1. The van der Waals surface area contributed by atoms with E-state index in [-0.39, 0.29) is 16.4 Å². The van der Waals surface area contributed by atoms with Crippen molar-refractivity contribution in [2.24, 2.45) is 5.92 Å². The Labute approximate surface area is 117 Å². The van der Waals surface area contributed by atoms with Gasteiger partial charge in [0, 0.05) is 12.4 Å². The monoisotopic (exact) mass is 297 g/mol. The van der Waals surface area contributed by atoms with Gasteiger partial charge < -0.3 is 5.11 Å². The number of sulfonamides is 1. The van der Waals surface area contributed by atoms with Gasteiger partial charge in [-0.2, -0.15) is 9.98 Å². The van der Waals surface area contributed by atoms with Crippen LogP contribution >= 0.6 is 0 Å². The molecular formula is C12H15N3O4S. The molecule has 0 saturated carbocycles. The number of hydrogen-bond donors (Lipinski definition) is 2. The van der Waals surface area contributed by atoms with Crippen molar-refractivity contribution < 1.29 is 18.3 Å². The second-order valence-electron chi connectivity index (χ2n) is 4.34. The molecule has 0 aliphatic rings. The van der Waals surface area contributed by atoms with Crippen molar-refractivity contribution >= 4 is 16.0 Å². The molecule has 0 aromatic carbocycles. The molecule has 0 unspecified atom stereocenters. The number of carboxylic acid groups (broad SMARTS) is 1. The molecule has 1 heterocycles.